The molecule has 0 radical (unpaired) electrons. The summed E-state index contributed by atoms with van der Waals surface area (Å²) in [7, 11) is 3.42. The maximum absolute atomic E-state index is 11.7. The van der Waals surface area contributed by atoms with Crippen LogP contribution in [0.1, 0.15) is 17.3 Å². The van der Waals surface area contributed by atoms with Crippen LogP contribution >= 0.6 is 0 Å². The zero-order valence-electron chi connectivity index (χ0n) is 10.0. The molecule has 1 aliphatic heterocycles. The van der Waals surface area contributed by atoms with Crippen LogP contribution in [0.15, 0.2) is 6.07 Å². The zero-order chi connectivity index (χ0) is 12.7. The predicted octanol–water partition coefficient (Wildman–Crippen LogP) is -0.0151. The largest absolute Gasteiger partial charge is 0.481 e. The van der Waals surface area contributed by atoms with Crippen molar-refractivity contribution < 1.29 is 14.7 Å². The van der Waals surface area contributed by atoms with E-state index in [9.17, 15) is 9.59 Å². The van der Waals surface area contributed by atoms with Crippen LogP contribution in [0.25, 0.3) is 0 Å². The van der Waals surface area contributed by atoms with Crippen molar-refractivity contribution in [3.05, 3.63) is 17.5 Å². The molecule has 1 aromatic heterocycles. The highest BCUT2D eigenvalue weighted by Crippen LogP contribution is 2.32. The second-order valence-electron chi connectivity index (χ2n) is 4.48. The van der Waals surface area contributed by atoms with E-state index in [-0.39, 0.29) is 11.8 Å². The van der Waals surface area contributed by atoms with Crippen LogP contribution in [-0.4, -0.2) is 45.3 Å². The van der Waals surface area contributed by atoms with Crippen molar-refractivity contribution in [3.8, 4) is 0 Å². The van der Waals surface area contributed by atoms with E-state index in [0.717, 1.165) is 5.69 Å². The first-order valence-electron chi connectivity index (χ1n) is 5.40. The zero-order valence-corrected chi connectivity index (χ0v) is 10.0. The van der Waals surface area contributed by atoms with Gasteiger partial charge >= 0.3 is 5.97 Å². The van der Waals surface area contributed by atoms with Crippen LogP contribution in [0.4, 0.5) is 0 Å². The van der Waals surface area contributed by atoms with Crippen molar-refractivity contribution in [2.24, 2.45) is 13.0 Å². The van der Waals surface area contributed by atoms with Crippen molar-refractivity contribution in [3.63, 3.8) is 0 Å². The highest BCUT2D eigenvalue weighted by molar-refractivity contribution is 5.99. The van der Waals surface area contributed by atoms with Gasteiger partial charge in [-0.1, -0.05) is 0 Å². The summed E-state index contributed by atoms with van der Waals surface area (Å²) in [5.41, 5.74) is 1.63. The molecule has 0 aliphatic carbocycles. The molecule has 92 valence electrons. The Labute approximate surface area is 98.8 Å². The molecule has 1 aliphatic rings. The summed E-state index contributed by atoms with van der Waals surface area (Å²) in [6.45, 7) is 2.30. The average Bonchev–Trinajstić information content (AvgIpc) is 2.70. The van der Waals surface area contributed by atoms with Gasteiger partial charge in [-0.3, -0.25) is 14.3 Å². The number of nitrogens with zero attached hydrogens (tertiary/aromatic N) is 3. The lowest BCUT2D eigenvalue weighted by molar-refractivity contribution is -0.147. The summed E-state index contributed by atoms with van der Waals surface area (Å²) in [4.78, 5) is 24.3. The SMILES string of the molecule is Cc1cc([C@H]2CN(C)C(=O)[C@@H]2C(=O)O)nn1C. The van der Waals surface area contributed by atoms with Crippen molar-refractivity contribution in [2.45, 2.75) is 12.8 Å². The van der Waals surface area contributed by atoms with Gasteiger partial charge in [-0.25, -0.2) is 0 Å². The Morgan fingerprint density at radius 1 is 1.53 bits per heavy atom. The van der Waals surface area contributed by atoms with Gasteiger partial charge in [-0.2, -0.15) is 5.10 Å². The monoisotopic (exact) mass is 237 g/mol. The van der Waals surface area contributed by atoms with Gasteiger partial charge in [0, 0.05) is 32.3 Å². The summed E-state index contributed by atoms with van der Waals surface area (Å²) in [6, 6.07) is 1.84. The summed E-state index contributed by atoms with van der Waals surface area (Å²) in [5.74, 6) is -2.78. The molecule has 0 spiro atoms. The van der Waals surface area contributed by atoms with Gasteiger partial charge in [0.2, 0.25) is 5.91 Å². The smallest absolute Gasteiger partial charge is 0.316 e. The molecule has 1 N–H and O–H groups in total. The molecule has 1 aromatic rings. The van der Waals surface area contributed by atoms with Gasteiger partial charge in [-0.15, -0.1) is 0 Å². The van der Waals surface area contributed by atoms with Crippen LogP contribution in [0.2, 0.25) is 0 Å². The number of aromatic nitrogens is 2. The van der Waals surface area contributed by atoms with Crippen LogP contribution in [0.5, 0.6) is 0 Å². The van der Waals surface area contributed by atoms with Crippen molar-refractivity contribution in [2.75, 3.05) is 13.6 Å². The lowest BCUT2D eigenvalue weighted by Crippen LogP contribution is -2.28. The summed E-state index contributed by atoms with van der Waals surface area (Å²) >= 11 is 0. The Hall–Kier alpha value is -1.85. The van der Waals surface area contributed by atoms with E-state index in [2.05, 4.69) is 5.10 Å². The normalized spacial score (nSPS) is 24.4. The number of carbonyl (C=O) groups excluding carboxylic acids is 1. The summed E-state index contributed by atoms with van der Waals surface area (Å²) in [5, 5.41) is 13.4. The number of aryl methyl sites for hydroxylation is 2. The fraction of sp³-hybridized carbons (Fsp3) is 0.545. The number of aliphatic carboxylic acids is 1. The minimum Gasteiger partial charge on any atom is -0.481 e. The average molecular weight is 237 g/mol. The Morgan fingerprint density at radius 2 is 2.18 bits per heavy atom. The lowest BCUT2D eigenvalue weighted by Gasteiger charge is -2.09. The number of likely N-dealkylation sites (N-methyl/N-ethyl adjacent to an activating group) is 1. The molecule has 0 saturated carbocycles. The van der Waals surface area contributed by atoms with Crippen LogP contribution < -0.4 is 0 Å². The van der Waals surface area contributed by atoms with Gasteiger partial charge in [-0.05, 0) is 13.0 Å². The van der Waals surface area contributed by atoms with E-state index in [0.29, 0.717) is 12.2 Å². The second kappa shape index (κ2) is 3.87. The van der Waals surface area contributed by atoms with E-state index < -0.39 is 11.9 Å². The molecule has 17 heavy (non-hydrogen) atoms. The third kappa shape index (κ3) is 1.79. The number of carboxylic acid groups (broad SMARTS) is 1. The van der Waals surface area contributed by atoms with Gasteiger partial charge in [0.15, 0.2) is 0 Å². The Kier molecular flexibility index (Phi) is 2.65. The van der Waals surface area contributed by atoms with Crippen LogP contribution in [0, 0.1) is 12.8 Å². The van der Waals surface area contributed by atoms with Crippen molar-refractivity contribution in [1.29, 1.82) is 0 Å². The van der Waals surface area contributed by atoms with E-state index >= 15 is 0 Å². The van der Waals surface area contributed by atoms with Crippen LogP contribution in [-0.2, 0) is 16.6 Å². The number of rotatable bonds is 2. The highest BCUT2D eigenvalue weighted by atomic mass is 16.4. The molecule has 6 nitrogen and oxygen atoms in total. The third-order valence-electron chi connectivity index (χ3n) is 3.29. The molecule has 2 heterocycles. The quantitative estimate of drug-likeness (QED) is 0.734. The first-order valence-corrected chi connectivity index (χ1v) is 5.40. The third-order valence-corrected chi connectivity index (χ3v) is 3.29. The minimum atomic E-state index is -1.08. The molecular weight excluding hydrogens is 222 g/mol. The Morgan fingerprint density at radius 3 is 2.65 bits per heavy atom. The predicted molar refractivity (Wildman–Crippen MR) is 59.4 cm³/mol. The van der Waals surface area contributed by atoms with Gasteiger partial charge in [0.1, 0.15) is 5.92 Å². The molecule has 1 amide bonds. The van der Waals surface area contributed by atoms with E-state index in [4.69, 9.17) is 5.11 Å². The number of carbonyl (C=O) groups is 2. The minimum absolute atomic E-state index is 0.342. The fourth-order valence-electron chi connectivity index (χ4n) is 2.21. The topological polar surface area (TPSA) is 75.4 Å². The summed E-state index contributed by atoms with van der Waals surface area (Å²) in [6.07, 6.45) is 0. The maximum atomic E-state index is 11.7. The molecule has 0 aromatic carbocycles. The molecule has 2 atom stereocenters. The second-order valence-corrected chi connectivity index (χ2v) is 4.48. The molecule has 2 rings (SSSR count). The molecule has 1 saturated heterocycles. The molecular formula is C11H15N3O3. The summed E-state index contributed by atoms with van der Waals surface area (Å²) < 4.78 is 1.69. The van der Waals surface area contributed by atoms with E-state index in [1.165, 1.54) is 4.90 Å². The Balaban J connectivity index is 2.37. The molecule has 1 fully saturated rings. The number of hydrogen-bond acceptors (Lipinski definition) is 3. The van der Waals surface area contributed by atoms with Crippen LogP contribution in [0.3, 0.4) is 0 Å². The number of amides is 1. The lowest BCUT2D eigenvalue weighted by atomic mass is 9.92. The molecule has 0 bridgehead atoms. The Bertz CT molecular complexity index is 461. The number of carboxylic acids is 1. The van der Waals surface area contributed by atoms with Crippen molar-refractivity contribution in [1.82, 2.24) is 14.7 Å². The van der Waals surface area contributed by atoms with Gasteiger partial charge in [0.25, 0.3) is 0 Å². The fourth-order valence-corrected chi connectivity index (χ4v) is 2.21. The number of likely N-dealkylation sites (tertiary alicyclic amines) is 1. The standard InChI is InChI=1S/C11H15N3O3/c1-6-4-8(12-14(6)3)7-5-13(2)10(15)9(7)11(16)17/h4,7,9H,5H2,1-3H3,(H,16,17)/t7-,9-/m1/s1. The highest BCUT2D eigenvalue weighted by Gasteiger charge is 2.45. The van der Waals surface area contributed by atoms with Gasteiger partial charge in [0.05, 0.1) is 5.69 Å². The van der Waals surface area contributed by atoms with E-state index in [1.807, 2.05) is 13.0 Å². The molecule has 6 heteroatoms. The molecule has 0 unspecified atom stereocenters. The van der Waals surface area contributed by atoms with Gasteiger partial charge < -0.3 is 10.0 Å². The first kappa shape index (κ1) is 11.6. The number of hydrogen-bond donors (Lipinski definition) is 1. The first-order chi connectivity index (χ1) is 7.91. The maximum Gasteiger partial charge on any atom is 0.316 e. The van der Waals surface area contributed by atoms with E-state index in [1.54, 1.807) is 18.8 Å². The van der Waals surface area contributed by atoms with Crippen molar-refractivity contribution >= 4 is 11.9 Å².